The number of phenols is 4. The molecule has 11 heteroatoms. The molecule has 190 valence electrons. The molecule has 3 aromatic rings. The molecule has 1 atom stereocenters. The fourth-order valence-electron chi connectivity index (χ4n) is 3.46. The maximum atomic E-state index is 13.2. The summed E-state index contributed by atoms with van der Waals surface area (Å²) in [4.78, 5) is 26.3. The van der Waals surface area contributed by atoms with Crippen LogP contribution in [-0.4, -0.2) is 59.6 Å². The zero-order valence-corrected chi connectivity index (χ0v) is 19.5. The number of carbonyl (C=O) groups is 2. The molecule has 4 N–H and O–H groups in total. The van der Waals surface area contributed by atoms with Crippen LogP contribution in [0.5, 0.6) is 46.0 Å². The van der Waals surface area contributed by atoms with E-state index in [4.69, 9.17) is 18.9 Å². The molecular weight excluding hydrogens is 476 g/mol. The van der Waals surface area contributed by atoms with Crippen molar-refractivity contribution in [2.75, 3.05) is 21.3 Å². The molecule has 3 rings (SSSR count). The highest BCUT2D eigenvalue weighted by molar-refractivity contribution is 6.02. The van der Waals surface area contributed by atoms with Gasteiger partial charge >= 0.3 is 5.97 Å². The lowest BCUT2D eigenvalue weighted by molar-refractivity contribution is -0.270. The molecule has 1 unspecified atom stereocenters. The number of Topliss-reactive ketones (excluding diaryl/α,β-unsaturated/α-hetero) is 1. The largest absolute Gasteiger partial charge is 0.870 e. The Morgan fingerprint density at radius 1 is 0.806 bits per heavy atom. The van der Waals surface area contributed by atoms with E-state index in [-0.39, 0.29) is 33.9 Å². The molecule has 0 bridgehead atoms. The number of ether oxygens (including phenoxy) is 4. The predicted octanol–water partition coefficient (Wildman–Crippen LogP) is 2.26. The van der Waals surface area contributed by atoms with Crippen molar-refractivity contribution in [3.63, 3.8) is 0 Å². The Bertz CT molecular complexity index is 1250. The van der Waals surface area contributed by atoms with Gasteiger partial charge in [0.1, 0.15) is 23.0 Å². The average molecular weight is 499 g/mol. The van der Waals surface area contributed by atoms with Gasteiger partial charge < -0.3 is 44.5 Å². The standard InChI is InChI=1S/C25H24O11/c1-33-21-7-13(8-22(34-2)24(21)35-3)25(32)36-20(11-15-17(28)9-14(26)10-18(15)29)23(31)12-4-5-16(27)19(30)6-12/h4-10,20,26-30H,11H2,1-3H3/p-1. The highest BCUT2D eigenvalue weighted by Gasteiger charge is 2.29. The highest BCUT2D eigenvalue weighted by atomic mass is 16.5. The Morgan fingerprint density at radius 2 is 1.39 bits per heavy atom. The van der Waals surface area contributed by atoms with Gasteiger partial charge in [-0.2, -0.15) is 0 Å². The molecule has 0 aliphatic heterocycles. The first-order valence-corrected chi connectivity index (χ1v) is 10.4. The quantitative estimate of drug-likeness (QED) is 0.251. The normalized spacial score (nSPS) is 11.4. The summed E-state index contributed by atoms with van der Waals surface area (Å²) in [5.74, 6) is -4.24. The average Bonchev–Trinajstić information content (AvgIpc) is 2.85. The number of hydrogen-bond acceptors (Lipinski definition) is 11. The first-order valence-electron chi connectivity index (χ1n) is 10.4. The van der Waals surface area contributed by atoms with Crippen molar-refractivity contribution in [3.05, 3.63) is 59.2 Å². The van der Waals surface area contributed by atoms with Crippen molar-refractivity contribution < 1.29 is 54.1 Å². The summed E-state index contributed by atoms with van der Waals surface area (Å²) in [6, 6.07) is 7.52. The first-order chi connectivity index (χ1) is 17.1. The molecule has 0 aliphatic carbocycles. The lowest BCUT2D eigenvalue weighted by atomic mass is 9.98. The third-order valence-corrected chi connectivity index (χ3v) is 5.26. The van der Waals surface area contributed by atoms with Crippen LogP contribution in [0.3, 0.4) is 0 Å². The molecule has 0 spiro atoms. The van der Waals surface area contributed by atoms with Crippen molar-refractivity contribution >= 4 is 11.8 Å². The Morgan fingerprint density at radius 3 is 1.89 bits per heavy atom. The van der Waals surface area contributed by atoms with E-state index >= 15 is 0 Å². The van der Waals surface area contributed by atoms with Gasteiger partial charge in [-0.15, -0.1) is 0 Å². The third kappa shape index (κ3) is 5.30. The number of esters is 1. The number of carbonyl (C=O) groups excluding carboxylic acids is 2. The van der Waals surface area contributed by atoms with Crippen molar-refractivity contribution in [3.8, 4) is 46.0 Å². The second-order valence-electron chi connectivity index (χ2n) is 7.52. The monoisotopic (exact) mass is 499 g/mol. The minimum Gasteiger partial charge on any atom is -0.870 e. The summed E-state index contributed by atoms with van der Waals surface area (Å²) >= 11 is 0. The zero-order valence-electron chi connectivity index (χ0n) is 19.5. The third-order valence-electron chi connectivity index (χ3n) is 5.26. The minimum atomic E-state index is -1.63. The molecule has 0 radical (unpaired) electrons. The molecule has 0 amide bonds. The van der Waals surface area contributed by atoms with Crippen LogP contribution in [0.1, 0.15) is 26.3 Å². The number of rotatable bonds is 9. The Hall–Kier alpha value is -4.80. The predicted molar refractivity (Wildman–Crippen MR) is 122 cm³/mol. The van der Waals surface area contributed by atoms with Crippen molar-refractivity contribution in [2.45, 2.75) is 12.5 Å². The van der Waals surface area contributed by atoms with Gasteiger partial charge in [-0.05, 0) is 18.2 Å². The van der Waals surface area contributed by atoms with E-state index in [0.717, 1.165) is 30.3 Å². The molecule has 0 aromatic heterocycles. The molecule has 0 saturated heterocycles. The van der Waals surface area contributed by atoms with E-state index in [1.807, 2.05) is 0 Å². The number of aromatic hydroxyl groups is 4. The van der Waals surface area contributed by atoms with Crippen LogP contribution in [0.4, 0.5) is 0 Å². The summed E-state index contributed by atoms with van der Waals surface area (Å²) in [5.41, 5.74) is -0.416. The topological polar surface area (TPSA) is 175 Å². The Kier molecular flexibility index (Phi) is 7.63. The molecule has 11 nitrogen and oxygen atoms in total. The highest BCUT2D eigenvalue weighted by Crippen LogP contribution is 2.39. The maximum absolute atomic E-state index is 13.2. The SMILES string of the molecule is COc1cc(C(=O)OC(Cc2c(O)cc(O)cc2O)C(=O)c2ccc([O-])c(O)c2)cc(OC)c1OC. The number of phenolic OH excluding ortho intramolecular Hbond substituents is 4. The number of ketones is 1. The summed E-state index contributed by atoms with van der Waals surface area (Å²) < 4.78 is 21.1. The summed E-state index contributed by atoms with van der Waals surface area (Å²) in [6.07, 6.45) is -2.14. The van der Waals surface area contributed by atoms with Gasteiger partial charge in [-0.3, -0.25) is 4.79 Å². The van der Waals surface area contributed by atoms with Crippen LogP contribution >= 0.6 is 0 Å². The molecule has 36 heavy (non-hydrogen) atoms. The van der Waals surface area contributed by atoms with E-state index < -0.39 is 53.0 Å². The van der Waals surface area contributed by atoms with E-state index in [1.165, 1.54) is 33.5 Å². The van der Waals surface area contributed by atoms with Crippen LogP contribution in [0.15, 0.2) is 42.5 Å². The van der Waals surface area contributed by atoms with E-state index in [2.05, 4.69) is 0 Å². The molecule has 0 fully saturated rings. The summed E-state index contributed by atoms with van der Waals surface area (Å²) in [5, 5.41) is 51.3. The smallest absolute Gasteiger partial charge is 0.339 e. The van der Waals surface area contributed by atoms with Crippen LogP contribution in [0, 0.1) is 0 Å². The number of benzene rings is 3. The second kappa shape index (κ2) is 10.6. The summed E-state index contributed by atoms with van der Waals surface area (Å²) in [6.45, 7) is 0. The fraction of sp³-hybridized carbons (Fsp3) is 0.200. The lowest BCUT2D eigenvalue weighted by Gasteiger charge is -2.20. The van der Waals surface area contributed by atoms with Gasteiger partial charge in [0.05, 0.1) is 26.9 Å². The van der Waals surface area contributed by atoms with Crippen molar-refractivity contribution in [2.24, 2.45) is 0 Å². The van der Waals surface area contributed by atoms with Crippen LogP contribution in [0.2, 0.25) is 0 Å². The molecule has 0 aliphatic rings. The van der Waals surface area contributed by atoms with E-state index in [0.29, 0.717) is 0 Å². The van der Waals surface area contributed by atoms with Gasteiger partial charge in [-0.25, -0.2) is 4.79 Å². The first kappa shape index (κ1) is 25.8. The van der Waals surface area contributed by atoms with E-state index in [9.17, 15) is 35.1 Å². The van der Waals surface area contributed by atoms with Crippen molar-refractivity contribution in [1.82, 2.24) is 0 Å². The van der Waals surface area contributed by atoms with Crippen molar-refractivity contribution in [1.29, 1.82) is 0 Å². The zero-order chi connectivity index (χ0) is 26.6. The molecule has 0 heterocycles. The number of methoxy groups -OCH3 is 3. The van der Waals surface area contributed by atoms with Gasteiger partial charge in [0.25, 0.3) is 0 Å². The second-order valence-corrected chi connectivity index (χ2v) is 7.52. The summed E-state index contributed by atoms with van der Waals surface area (Å²) in [7, 11) is 4.08. The van der Waals surface area contributed by atoms with E-state index in [1.54, 1.807) is 0 Å². The Labute approximate surface area is 205 Å². The number of hydrogen-bond donors (Lipinski definition) is 4. The minimum absolute atomic E-state index is 0.0702. The van der Waals surface area contributed by atoms with Gasteiger partial charge in [0, 0.05) is 29.7 Å². The van der Waals surface area contributed by atoms with Gasteiger partial charge in [0.2, 0.25) is 11.5 Å². The molecular formula is C25H23O11-. The van der Waals surface area contributed by atoms with Crippen LogP contribution in [0.25, 0.3) is 0 Å². The van der Waals surface area contributed by atoms with Gasteiger partial charge in [-0.1, -0.05) is 17.9 Å². The maximum Gasteiger partial charge on any atom is 0.339 e. The lowest BCUT2D eigenvalue weighted by Crippen LogP contribution is -2.30. The fourth-order valence-corrected chi connectivity index (χ4v) is 3.46. The Balaban J connectivity index is 2.03. The molecule has 0 saturated carbocycles. The van der Waals surface area contributed by atoms with Crippen LogP contribution in [-0.2, 0) is 11.2 Å². The van der Waals surface area contributed by atoms with Gasteiger partial charge in [0.15, 0.2) is 17.6 Å². The molecule has 3 aromatic carbocycles. The van der Waals surface area contributed by atoms with Crippen LogP contribution < -0.4 is 19.3 Å².